The number of hydrogen-bond acceptors (Lipinski definition) is 5. The van der Waals surface area contributed by atoms with E-state index in [0.717, 1.165) is 43.1 Å². The van der Waals surface area contributed by atoms with Gasteiger partial charge in [0.15, 0.2) is 0 Å². The van der Waals surface area contributed by atoms with Crippen molar-refractivity contribution in [3.8, 4) is 5.75 Å². The summed E-state index contributed by atoms with van der Waals surface area (Å²) < 4.78 is 11.1. The van der Waals surface area contributed by atoms with Gasteiger partial charge in [0.2, 0.25) is 0 Å². The molecule has 0 atom stereocenters. The summed E-state index contributed by atoms with van der Waals surface area (Å²) >= 11 is 0.949. The summed E-state index contributed by atoms with van der Waals surface area (Å²) in [6.45, 7) is 2.26. The molecule has 2 N–H and O–H groups in total. The zero-order valence-corrected chi connectivity index (χ0v) is 14.4. The van der Waals surface area contributed by atoms with Gasteiger partial charge in [0.1, 0.15) is 10.6 Å². The normalized spacial score (nSPS) is 14.9. The Morgan fingerprint density at radius 2 is 1.80 bits per heavy atom. The largest absolute Gasteiger partial charge is 0.493 e. The van der Waals surface area contributed by atoms with Crippen molar-refractivity contribution in [1.82, 2.24) is 0 Å². The molecule has 1 aliphatic rings. The molecule has 2 heterocycles. The summed E-state index contributed by atoms with van der Waals surface area (Å²) in [5, 5.41) is 11.7. The summed E-state index contributed by atoms with van der Waals surface area (Å²) in [5.41, 5.74) is 0.633. The van der Waals surface area contributed by atoms with Crippen LogP contribution in [-0.2, 0) is 4.74 Å². The van der Waals surface area contributed by atoms with E-state index >= 15 is 0 Å². The number of carboxylic acid groups (broad SMARTS) is 1. The van der Waals surface area contributed by atoms with Crippen LogP contribution >= 0.6 is 11.3 Å². The number of thiophene rings is 1. The highest BCUT2D eigenvalue weighted by Crippen LogP contribution is 2.21. The molecule has 7 heteroatoms. The molecule has 3 rings (SSSR count). The minimum absolute atomic E-state index is 0.141. The topological polar surface area (TPSA) is 84.9 Å². The van der Waals surface area contributed by atoms with Crippen molar-refractivity contribution in [2.75, 3.05) is 25.1 Å². The van der Waals surface area contributed by atoms with Crippen LogP contribution < -0.4 is 10.1 Å². The molecular formula is C18H19NO5S. The van der Waals surface area contributed by atoms with E-state index in [9.17, 15) is 9.59 Å². The van der Waals surface area contributed by atoms with Gasteiger partial charge < -0.3 is 19.9 Å². The van der Waals surface area contributed by atoms with Crippen LogP contribution in [0.15, 0.2) is 36.4 Å². The first-order valence-corrected chi connectivity index (χ1v) is 8.88. The summed E-state index contributed by atoms with van der Waals surface area (Å²) in [7, 11) is 0. The molecule has 6 nitrogen and oxygen atoms in total. The number of carboxylic acids is 1. The number of anilines is 1. The van der Waals surface area contributed by atoms with Gasteiger partial charge in [0, 0.05) is 18.9 Å². The van der Waals surface area contributed by atoms with E-state index in [1.807, 2.05) is 12.1 Å². The van der Waals surface area contributed by atoms with Crippen LogP contribution in [0.4, 0.5) is 5.69 Å². The van der Waals surface area contributed by atoms with Crippen molar-refractivity contribution in [1.29, 1.82) is 0 Å². The molecule has 1 aromatic heterocycles. The Balaban J connectivity index is 1.52. The molecule has 132 valence electrons. The van der Waals surface area contributed by atoms with Gasteiger partial charge in [-0.3, -0.25) is 4.79 Å². The van der Waals surface area contributed by atoms with Gasteiger partial charge in [-0.15, -0.1) is 11.3 Å². The summed E-state index contributed by atoms with van der Waals surface area (Å²) in [6, 6.07) is 10.1. The first kappa shape index (κ1) is 17.4. The standard InChI is InChI=1S/C18H19NO5S/c20-17(15-5-6-16(25-15)18(21)22)19-13-1-3-14(4-2-13)24-11-12-7-9-23-10-8-12/h1-6,12H,7-11H2,(H,19,20)(H,21,22). The smallest absolute Gasteiger partial charge is 0.345 e. The summed E-state index contributed by atoms with van der Waals surface area (Å²) in [5.74, 6) is -0.0763. The Bertz CT molecular complexity index is 734. The van der Waals surface area contributed by atoms with Crippen LogP contribution in [0.25, 0.3) is 0 Å². The fourth-order valence-electron chi connectivity index (χ4n) is 2.53. The van der Waals surface area contributed by atoms with E-state index in [2.05, 4.69) is 5.32 Å². The minimum Gasteiger partial charge on any atom is -0.493 e. The van der Waals surface area contributed by atoms with Crippen LogP contribution in [0.2, 0.25) is 0 Å². The quantitative estimate of drug-likeness (QED) is 0.822. The molecule has 0 bridgehead atoms. The van der Waals surface area contributed by atoms with Crippen molar-refractivity contribution < 1.29 is 24.2 Å². The summed E-state index contributed by atoms with van der Waals surface area (Å²) in [4.78, 5) is 23.5. The fourth-order valence-corrected chi connectivity index (χ4v) is 3.27. The lowest BCUT2D eigenvalue weighted by molar-refractivity contribution is 0.0497. The predicted octanol–water partition coefficient (Wildman–Crippen LogP) is 3.50. The number of carbonyl (C=O) groups is 2. The molecular weight excluding hydrogens is 342 g/mol. The lowest BCUT2D eigenvalue weighted by Crippen LogP contribution is -2.21. The molecule has 0 radical (unpaired) electrons. The van der Waals surface area contributed by atoms with Gasteiger partial charge in [-0.25, -0.2) is 4.79 Å². The van der Waals surface area contributed by atoms with Crippen LogP contribution in [0.5, 0.6) is 5.75 Å². The molecule has 1 amide bonds. The molecule has 1 fully saturated rings. The third kappa shape index (κ3) is 4.80. The van der Waals surface area contributed by atoms with Crippen molar-refractivity contribution in [2.45, 2.75) is 12.8 Å². The molecule has 1 aliphatic heterocycles. The van der Waals surface area contributed by atoms with Crippen LogP contribution in [0, 0.1) is 5.92 Å². The first-order valence-electron chi connectivity index (χ1n) is 8.07. The Kier molecular flexibility index (Phi) is 5.67. The molecule has 0 unspecified atom stereocenters. The van der Waals surface area contributed by atoms with Crippen LogP contribution in [0.1, 0.15) is 32.2 Å². The Hall–Kier alpha value is -2.38. The number of carbonyl (C=O) groups excluding carboxylic acids is 1. The van der Waals surface area contributed by atoms with Gasteiger partial charge in [0.25, 0.3) is 5.91 Å². The highest BCUT2D eigenvalue weighted by Gasteiger charge is 2.15. The molecule has 1 aromatic carbocycles. The number of aromatic carboxylic acids is 1. The SMILES string of the molecule is O=C(O)c1ccc(C(=O)Nc2ccc(OCC3CCOCC3)cc2)s1. The van der Waals surface area contributed by atoms with Gasteiger partial charge in [0.05, 0.1) is 11.5 Å². The molecule has 25 heavy (non-hydrogen) atoms. The third-order valence-electron chi connectivity index (χ3n) is 3.98. The second-order valence-corrected chi connectivity index (χ2v) is 6.90. The number of ether oxygens (including phenoxy) is 2. The molecule has 2 aromatic rings. The van der Waals surface area contributed by atoms with Crippen molar-refractivity contribution in [3.63, 3.8) is 0 Å². The van der Waals surface area contributed by atoms with Crippen molar-refractivity contribution in [3.05, 3.63) is 46.2 Å². The number of benzene rings is 1. The Morgan fingerprint density at radius 1 is 1.12 bits per heavy atom. The third-order valence-corrected chi connectivity index (χ3v) is 5.05. The Morgan fingerprint density at radius 3 is 2.44 bits per heavy atom. The van der Waals surface area contributed by atoms with Crippen molar-refractivity contribution in [2.24, 2.45) is 5.92 Å². The monoisotopic (exact) mass is 361 g/mol. The number of amides is 1. The maximum Gasteiger partial charge on any atom is 0.345 e. The number of rotatable bonds is 6. The van der Waals surface area contributed by atoms with Crippen LogP contribution in [-0.4, -0.2) is 36.8 Å². The lowest BCUT2D eigenvalue weighted by atomic mass is 10.0. The van der Waals surface area contributed by atoms with Gasteiger partial charge in [-0.05, 0) is 55.2 Å². The zero-order valence-electron chi connectivity index (χ0n) is 13.6. The second-order valence-electron chi connectivity index (χ2n) is 5.81. The molecule has 0 spiro atoms. The maximum atomic E-state index is 12.1. The van der Waals surface area contributed by atoms with E-state index in [1.165, 1.54) is 12.1 Å². The van der Waals surface area contributed by atoms with E-state index in [1.54, 1.807) is 12.1 Å². The molecule has 1 saturated heterocycles. The second kappa shape index (κ2) is 8.13. The van der Waals surface area contributed by atoms with Gasteiger partial charge in [-0.1, -0.05) is 0 Å². The molecule has 0 saturated carbocycles. The lowest BCUT2D eigenvalue weighted by Gasteiger charge is -2.22. The maximum absolute atomic E-state index is 12.1. The average molecular weight is 361 g/mol. The zero-order chi connectivity index (χ0) is 17.6. The highest BCUT2D eigenvalue weighted by molar-refractivity contribution is 7.15. The number of hydrogen-bond donors (Lipinski definition) is 2. The van der Waals surface area contributed by atoms with E-state index in [-0.39, 0.29) is 10.8 Å². The van der Waals surface area contributed by atoms with Gasteiger partial charge >= 0.3 is 5.97 Å². The van der Waals surface area contributed by atoms with Crippen molar-refractivity contribution >= 4 is 28.9 Å². The average Bonchev–Trinajstić information content (AvgIpc) is 3.13. The number of nitrogens with one attached hydrogen (secondary N) is 1. The van der Waals surface area contributed by atoms with Crippen LogP contribution in [0.3, 0.4) is 0 Å². The van der Waals surface area contributed by atoms with Gasteiger partial charge in [-0.2, -0.15) is 0 Å². The molecule has 0 aliphatic carbocycles. The minimum atomic E-state index is -1.03. The highest BCUT2D eigenvalue weighted by atomic mass is 32.1. The summed E-state index contributed by atoms with van der Waals surface area (Å²) in [6.07, 6.45) is 2.04. The predicted molar refractivity (Wildman–Crippen MR) is 94.7 cm³/mol. The van der Waals surface area contributed by atoms with E-state index < -0.39 is 5.97 Å². The Labute approximate surface area is 149 Å². The first-order chi connectivity index (χ1) is 12.1. The van der Waals surface area contributed by atoms with E-state index in [4.69, 9.17) is 14.6 Å². The van der Waals surface area contributed by atoms with E-state index in [0.29, 0.717) is 23.1 Å². The fraction of sp³-hybridized carbons (Fsp3) is 0.333.